The SMILES string of the molecule is CCC[C@@H](C[C@@H](Sc1ccccn1)C(=O)N(CC(C)C)[C@@H](C)c1ccccc1)n1cccc1. The number of rotatable bonds is 12. The van der Waals surface area contributed by atoms with Crippen LogP contribution in [0.2, 0.25) is 0 Å². The van der Waals surface area contributed by atoms with Crippen molar-refractivity contribution >= 4 is 17.7 Å². The Morgan fingerprint density at radius 1 is 1.00 bits per heavy atom. The van der Waals surface area contributed by atoms with E-state index in [1.165, 1.54) is 5.56 Å². The van der Waals surface area contributed by atoms with E-state index in [0.29, 0.717) is 5.92 Å². The van der Waals surface area contributed by atoms with Gasteiger partial charge in [-0.1, -0.05) is 75.4 Å². The van der Waals surface area contributed by atoms with Gasteiger partial charge in [0.05, 0.1) is 16.3 Å². The predicted molar refractivity (Wildman–Crippen MR) is 138 cm³/mol. The summed E-state index contributed by atoms with van der Waals surface area (Å²) >= 11 is 1.60. The van der Waals surface area contributed by atoms with Gasteiger partial charge in [-0.25, -0.2) is 4.98 Å². The van der Waals surface area contributed by atoms with Gasteiger partial charge in [0.15, 0.2) is 0 Å². The summed E-state index contributed by atoms with van der Waals surface area (Å²) in [5.74, 6) is 0.584. The summed E-state index contributed by atoms with van der Waals surface area (Å²) in [6.07, 6.45) is 8.93. The zero-order chi connectivity index (χ0) is 23.6. The molecule has 0 bridgehead atoms. The molecule has 33 heavy (non-hydrogen) atoms. The number of pyridine rings is 1. The molecule has 0 aliphatic rings. The van der Waals surface area contributed by atoms with E-state index in [4.69, 9.17) is 0 Å². The number of nitrogens with zero attached hydrogens (tertiary/aromatic N) is 3. The fourth-order valence-corrected chi connectivity index (χ4v) is 5.38. The van der Waals surface area contributed by atoms with E-state index in [-0.39, 0.29) is 23.2 Å². The first-order chi connectivity index (χ1) is 16.0. The Hall–Kier alpha value is -2.53. The molecular formula is C28H37N3OS. The molecule has 0 spiro atoms. The molecule has 3 atom stereocenters. The minimum atomic E-state index is -0.205. The second kappa shape index (κ2) is 12.6. The van der Waals surface area contributed by atoms with E-state index in [9.17, 15) is 4.79 Å². The number of aromatic nitrogens is 2. The van der Waals surface area contributed by atoms with Gasteiger partial charge in [0.1, 0.15) is 0 Å². The molecule has 176 valence electrons. The monoisotopic (exact) mass is 463 g/mol. The molecule has 4 nitrogen and oxygen atoms in total. The number of thioether (sulfide) groups is 1. The topological polar surface area (TPSA) is 38.1 Å². The first-order valence-electron chi connectivity index (χ1n) is 12.0. The minimum absolute atomic E-state index is 0.0177. The van der Waals surface area contributed by atoms with Gasteiger partial charge < -0.3 is 9.47 Å². The highest BCUT2D eigenvalue weighted by atomic mass is 32.2. The van der Waals surface area contributed by atoms with Crippen molar-refractivity contribution in [3.63, 3.8) is 0 Å². The minimum Gasteiger partial charge on any atom is -0.351 e. The van der Waals surface area contributed by atoms with Crippen LogP contribution in [0.15, 0.2) is 84.3 Å². The zero-order valence-electron chi connectivity index (χ0n) is 20.3. The summed E-state index contributed by atoms with van der Waals surface area (Å²) in [4.78, 5) is 20.8. The average molecular weight is 464 g/mol. The van der Waals surface area contributed by atoms with E-state index in [1.807, 2.05) is 36.4 Å². The molecule has 0 unspecified atom stereocenters. The van der Waals surface area contributed by atoms with Gasteiger partial charge in [0.2, 0.25) is 5.91 Å². The van der Waals surface area contributed by atoms with E-state index in [0.717, 1.165) is 30.8 Å². The van der Waals surface area contributed by atoms with Gasteiger partial charge in [-0.3, -0.25) is 4.79 Å². The van der Waals surface area contributed by atoms with E-state index < -0.39 is 0 Å². The molecule has 0 aliphatic carbocycles. The van der Waals surface area contributed by atoms with Gasteiger partial charge >= 0.3 is 0 Å². The van der Waals surface area contributed by atoms with Crippen LogP contribution in [0.4, 0.5) is 0 Å². The van der Waals surface area contributed by atoms with Crippen LogP contribution in [0.1, 0.15) is 64.6 Å². The summed E-state index contributed by atoms with van der Waals surface area (Å²) in [6.45, 7) is 9.45. The molecule has 0 aliphatic heterocycles. The van der Waals surface area contributed by atoms with Crippen molar-refractivity contribution in [1.82, 2.24) is 14.5 Å². The molecule has 0 saturated heterocycles. The summed E-state index contributed by atoms with van der Waals surface area (Å²) in [7, 11) is 0. The van der Waals surface area contributed by atoms with Crippen LogP contribution in [0.5, 0.6) is 0 Å². The lowest BCUT2D eigenvalue weighted by atomic mass is 10.0. The van der Waals surface area contributed by atoms with Crippen molar-refractivity contribution in [2.24, 2.45) is 5.92 Å². The van der Waals surface area contributed by atoms with Crippen LogP contribution >= 0.6 is 11.8 Å². The maximum Gasteiger partial charge on any atom is 0.236 e. The fraction of sp³-hybridized carbons (Fsp3) is 0.429. The number of hydrogen-bond acceptors (Lipinski definition) is 3. The number of amides is 1. The zero-order valence-corrected chi connectivity index (χ0v) is 21.1. The molecule has 1 amide bonds. The molecular weight excluding hydrogens is 426 g/mol. The molecule has 0 saturated carbocycles. The molecule has 0 radical (unpaired) electrons. The number of carbonyl (C=O) groups is 1. The second-order valence-electron chi connectivity index (χ2n) is 9.05. The molecule has 2 heterocycles. The number of carbonyl (C=O) groups excluding carboxylic acids is 1. The van der Waals surface area contributed by atoms with Crippen LogP contribution in [0, 0.1) is 5.92 Å². The fourth-order valence-electron chi connectivity index (χ4n) is 4.25. The highest BCUT2D eigenvalue weighted by Crippen LogP contribution is 2.34. The van der Waals surface area contributed by atoms with Gasteiger partial charge in [-0.2, -0.15) is 0 Å². The van der Waals surface area contributed by atoms with Crippen LogP contribution in [0.3, 0.4) is 0 Å². The third-order valence-electron chi connectivity index (χ3n) is 5.93. The standard InChI is InChI=1S/C28H37N3OS/c1-5-13-25(30-18-11-12-19-30)20-26(33-27-16-9-10-17-29-27)28(32)31(21-22(2)3)23(4)24-14-7-6-8-15-24/h6-12,14-19,22-23,25-26H,5,13,20-21H2,1-4H3/t23-,25-,26+/m0/s1. The Morgan fingerprint density at radius 3 is 2.30 bits per heavy atom. The van der Waals surface area contributed by atoms with Crippen molar-refractivity contribution in [2.45, 2.75) is 69.3 Å². The summed E-state index contributed by atoms with van der Waals surface area (Å²) in [5.41, 5.74) is 1.17. The second-order valence-corrected chi connectivity index (χ2v) is 10.3. The highest BCUT2D eigenvalue weighted by molar-refractivity contribution is 8.00. The van der Waals surface area contributed by atoms with Crippen molar-refractivity contribution < 1.29 is 4.79 Å². The van der Waals surface area contributed by atoms with E-state index >= 15 is 0 Å². The smallest absolute Gasteiger partial charge is 0.236 e. The Morgan fingerprint density at radius 2 is 1.70 bits per heavy atom. The third-order valence-corrected chi connectivity index (χ3v) is 7.09. The van der Waals surface area contributed by atoms with Crippen molar-refractivity contribution in [3.8, 4) is 0 Å². The van der Waals surface area contributed by atoms with Crippen molar-refractivity contribution in [1.29, 1.82) is 0 Å². The van der Waals surface area contributed by atoms with Gasteiger partial charge in [0, 0.05) is 31.2 Å². The molecule has 5 heteroatoms. The first-order valence-corrected chi connectivity index (χ1v) is 12.9. The summed E-state index contributed by atoms with van der Waals surface area (Å²) in [6, 6.07) is 20.7. The highest BCUT2D eigenvalue weighted by Gasteiger charge is 2.32. The maximum atomic E-state index is 14.2. The van der Waals surface area contributed by atoms with Crippen LogP contribution in [-0.2, 0) is 4.79 Å². The number of benzene rings is 1. The Kier molecular flexibility index (Phi) is 9.61. The van der Waals surface area contributed by atoms with E-state index in [2.05, 4.69) is 78.8 Å². The predicted octanol–water partition coefficient (Wildman–Crippen LogP) is 7.02. The summed E-state index contributed by atoms with van der Waals surface area (Å²) in [5, 5.41) is 0.694. The quantitative estimate of drug-likeness (QED) is 0.271. The average Bonchev–Trinajstić information content (AvgIpc) is 3.37. The number of hydrogen-bond donors (Lipinski definition) is 0. The lowest BCUT2D eigenvalue weighted by Crippen LogP contribution is -2.42. The molecule has 1 aromatic carbocycles. The van der Waals surface area contributed by atoms with Crippen molar-refractivity contribution in [3.05, 3.63) is 84.8 Å². The molecule has 0 fully saturated rings. The Balaban J connectivity index is 1.92. The lowest BCUT2D eigenvalue weighted by Gasteiger charge is -2.35. The van der Waals surface area contributed by atoms with E-state index in [1.54, 1.807) is 18.0 Å². The van der Waals surface area contributed by atoms with Crippen LogP contribution < -0.4 is 0 Å². The molecule has 3 aromatic rings. The molecule has 0 N–H and O–H groups in total. The first kappa shape index (κ1) is 25.1. The third kappa shape index (κ3) is 7.23. The van der Waals surface area contributed by atoms with Crippen LogP contribution in [-0.4, -0.2) is 32.2 Å². The Bertz CT molecular complexity index is 944. The maximum absolute atomic E-state index is 14.2. The normalized spacial score (nSPS) is 14.1. The van der Waals surface area contributed by atoms with Gasteiger partial charge in [0.25, 0.3) is 0 Å². The van der Waals surface area contributed by atoms with Crippen molar-refractivity contribution in [2.75, 3.05) is 6.54 Å². The van der Waals surface area contributed by atoms with Gasteiger partial charge in [-0.05, 0) is 55.5 Å². The molecule has 2 aromatic heterocycles. The Labute approximate surface area is 203 Å². The summed E-state index contributed by atoms with van der Waals surface area (Å²) < 4.78 is 2.26. The molecule has 3 rings (SSSR count). The van der Waals surface area contributed by atoms with Crippen LogP contribution in [0.25, 0.3) is 0 Å². The van der Waals surface area contributed by atoms with Gasteiger partial charge in [-0.15, -0.1) is 0 Å². The largest absolute Gasteiger partial charge is 0.351 e. The lowest BCUT2D eigenvalue weighted by molar-refractivity contribution is -0.133.